The first kappa shape index (κ1) is 15.6. The van der Waals surface area contributed by atoms with Crippen molar-refractivity contribution in [3.05, 3.63) is 35.4 Å². The number of carbonyl (C=O) groups excluding carboxylic acids is 1. The summed E-state index contributed by atoms with van der Waals surface area (Å²) in [5.41, 5.74) is 0.212. The number of hydrogen-bond acceptors (Lipinski definition) is 2. The maximum Gasteiger partial charge on any atom is 0.236 e. The molecule has 3 nitrogen and oxygen atoms in total. The van der Waals surface area contributed by atoms with E-state index in [9.17, 15) is 13.6 Å². The Balaban J connectivity index is 2.47. The van der Waals surface area contributed by atoms with Gasteiger partial charge in [0.25, 0.3) is 0 Å². The molecule has 0 saturated carbocycles. The van der Waals surface area contributed by atoms with Gasteiger partial charge in [0, 0.05) is 18.7 Å². The monoisotopic (exact) mass is 270 g/mol. The standard InChI is InChI=1S/C14H20F2N2O/c1-9(2)7-18-14(19)10(3)17-8-11-5-4-6-12(15)13(11)16/h4-6,9-10,17H,7-8H2,1-3H3,(H,18,19). The van der Waals surface area contributed by atoms with Gasteiger partial charge in [-0.05, 0) is 18.9 Å². The van der Waals surface area contributed by atoms with Gasteiger partial charge in [-0.1, -0.05) is 26.0 Å². The molecule has 1 rings (SSSR count). The molecule has 0 fully saturated rings. The molecule has 0 aliphatic heterocycles. The van der Waals surface area contributed by atoms with E-state index >= 15 is 0 Å². The second-order valence-electron chi connectivity index (χ2n) is 4.95. The van der Waals surface area contributed by atoms with E-state index in [2.05, 4.69) is 10.6 Å². The highest BCUT2D eigenvalue weighted by Crippen LogP contribution is 2.11. The highest BCUT2D eigenvalue weighted by Gasteiger charge is 2.14. The molecule has 0 aliphatic carbocycles. The van der Waals surface area contributed by atoms with Crippen molar-refractivity contribution in [2.24, 2.45) is 5.92 Å². The normalized spacial score (nSPS) is 12.5. The Morgan fingerprint density at radius 2 is 1.95 bits per heavy atom. The van der Waals surface area contributed by atoms with Crippen LogP contribution in [0.1, 0.15) is 26.3 Å². The molecule has 2 N–H and O–H groups in total. The van der Waals surface area contributed by atoms with Gasteiger partial charge in [-0.3, -0.25) is 4.79 Å². The van der Waals surface area contributed by atoms with Crippen LogP contribution in [0.4, 0.5) is 8.78 Å². The summed E-state index contributed by atoms with van der Waals surface area (Å²) >= 11 is 0. The first-order valence-corrected chi connectivity index (χ1v) is 6.35. The molecule has 1 aromatic carbocycles. The summed E-state index contributed by atoms with van der Waals surface area (Å²) < 4.78 is 26.4. The fourth-order valence-electron chi connectivity index (χ4n) is 1.50. The van der Waals surface area contributed by atoms with E-state index in [-0.39, 0.29) is 18.0 Å². The summed E-state index contributed by atoms with van der Waals surface area (Å²) in [5.74, 6) is -1.52. The van der Waals surface area contributed by atoms with Crippen LogP contribution in [0.5, 0.6) is 0 Å². The minimum atomic E-state index is -0.879. The van der Waals surface area contributed by atoms with Gasteiger partial charge in [-0.25, -0.2) is 8.78 Å². The predicted octanol–water partition coefficient (Wildman–Crippen LogP) is 2.22. The Kier molecular flexibility index (Phi) is 5.89. The van der Waals surface area contributed by atoms with Crippen molar-refractivity contribution < 1.29 is 13.6 Å². The molecule has 0 heterocycles. The molecule has 0 bridgehead atoms. The third-order valence-electron chi connectivity index (χ3n) is 2.71. The van der Waals surface area contributed by atoms with Crippen LogP contribution in [0, 0.1) is 17.6 Å². The SMILES string of the molecule is CC(C)CNC(=O)C(C)NCc1cccc(F)c1F. The molecule has 1 aromatic rings. The van der Waals surface area contributed by atoms with Gasteiger partial charge in [0.1, 0.15) is 0 Å². The molecule has 0 radical (unpaired) electrons. The molecule has 106 valence electrons. The van der Waals surface area contributed by atoms with E-state index in [0.717, 1.165) is 6.07 Å². The van der Waals surface area contributed by atoms with Crippen LogP contribution < -0.4 is 10.6 Å². The zero-order valence-corrected chi connectivity index (χ0v) is 11.5. The van der Waals surface area contributed by atoms with Crippen LogP contribution in [0.15, 0.2) is 18.2 Å². The smallest absolute Gasteiger partial charge is 0.236 e. The molecule has 1 amide bonds. The van der Waals surface area contributed by atoms with E-state index in [0.29, 0.717) is 12.5 Å². The Labute approximate surface area is 112 Å². The van der Waals surface area contributed by atoms with Crippen LogP contribution in [-0.2, 0) is 11.3 Å². The number of benzene rings is 1. The van der Waals surface area contributed by atoms with E-state index in [4.69, 9.17) is 0 Å². The maximum absolute atomic E-state index is 13.4. The molecule has 0 aliphatic rings. The van der Waals surface area contributed by atoms with Gasteiger partial charge in [0.15, 0.2) is 11.6 Å². The van der Waals surface area contributed by atoms with Gasteiger partial charge in [0.2, 0.25) is 5.91 Å². The van der Waals surface area contributed by atoms with Gasteiger partial charge >= 0.3 is 0 Å². The largest absolute Gasteiger partial charge is 0.354 e. The van der Waals surface area contributed by atoms with Crippen LogP contribution >= 0.6 is 0 Å². The fraction of sp³-hybridized carbons (Fsp3) is 0.500. The van der Waals surface area contributed by atoms with Crippen molar-refractivity contribution in [1.29, 1.82) is 0 Å². The topological polar surface area (TPSA) is 41.1 Å². The molecular formula is C14H20F2N2O. The highest BCUT2D eigenvalue weighted by molar-refractivity contribution is 5.81. The molecule has 5 heteroatoms. The third-order valence-corrected chi connectivity index (χ3v) is 2.71. The molecule has 0 saturated heterocycles. The quantitative estimate of drug-likeness (QED) is 0.832. The molecule has 0 spiro atoms. The number of rotatable bonds is 6. The molecule has 0 aromatic heterocycles. The molecular weight excluding hydrogens is 250 g/mol. The van der Waals surface area contributed by atoms with Crippen molar-refractivity contribution in [2.45, 2.75) is 33.4 Å². The minimum Gasteiger partial charge on any atom is -0.354 e. The van der Waals surface area contributed by atoms with Gasteiger partial charge < -0.3 is 10.6 Å². The Bertz CT molecular complexity index is 435. The lowest BCUT2D eigenvalue weighted by molar-refractivity contribution is -0.122. The second-order valence-corrected chi connectivity index (χ2v) is 4.95. The van der Waals surface area contributed by atoms with Crippen molar-refractivity contribution in [2.75, 3.05) is 6.54 Å². The molecule has 1 unspecified atom stereocenters. The average Bonchev–Trinajstić information content (AvgIpc) is 2.37. The summed E-state index contributed by atoms with van der Waals surface area (Å²) in [6.45, 7) is 6.40. The summed E-state index contributed by atoms with van der Waals surface area (Å²) in [7, 11) is 0. The summed E-state index contributed by atoms with van der Waals surface area (Å²) in [4.78, 5) is 11.7. The number of nitrogens with one attached hydrogen (secondary N) is 2. The Morgan fingerprint density at radius 1 is 1.26 bits per heavy atom. The van der Waals surface area contributed by atoms with Crippen LogP contribution in [-0.4, -0.2) is 18.5 Å². The lowest BCUT2D eigenvalue weighted by atomic mass is 10.2. The first-order valence-electron chi connectivity index (χ1n) is 6.35. The van der Waals surface area contributed by atoms with Crippen LogP contribution in [0.3, 0.4) is 0 Å². The van der Waals surface area contributed by atoms with Crippen LogP contribution in [0.25, 0.3) is 0 Å². The number of carbonyl (C=O) groups is 1. The maximum atomic E-state index is 13.4. The Morgan fingerprint density at radius 3 is 2.58 bits per heavy atom. The second kappa shape index (κ2) is 7.19. The number of amides is 1. The zero-order valence-electron chi connectivity index (χ0n) is 11.5. The van der Waals surface area contributed by atoms with Crippen LogP contribution in [0.2, 0.25) is 0 Å². The van der Waals surface area contributed by atoms with E-state index in [1.165, 1.54) is 12.1 Å². The lowest BCUT2D eigenvalue weighted by Crippen LogP contribution is -2.43. The average molecular weight is 270 g/mol. The van der Waals surface area contributed by atoms with Crippen molar-refractivity contribution in [1.82, 2.24) is 10.6 Å². The van der Waals surface area contributed by atoms with Gasteiger partial charge in [0.05, 0.1) is 6.04 Å². The summed E-state index contributed by atoms with van der Waals surface area (Å²) in [6, 6.07) is 3.54. The first-order chi connectivity index (χ1) is 8.91. The lowest BCUT2D eigenvalue weighted by Gasteiger charge is -2.15. The van der Waals surface area contributed by atoms with Gasteiger partial charge in [-0.2, -0.15) is 0 Å². The summed E-state index contributed by atoms with van der Waals surface area (Å²) in [5, 5.41) is 5.65. The minimum absolute atomic E-state index is 0.111. The Hall–Kier alpha value is -1.49. The highest BCUT2D eigenvalue weighted by atomic mass is 19.2. The van der Waals surface area contributed by atoms with Crippen molar-refractivity contribution in [3.63, 3.8) is 0 Å². The van der Waals surface area contributed by atoms with E-state index in [1.807, 2.05) is 13.8 Å². The summed E-state index contributed by atoms with van der Waals surface area (Å²) in [6.07, 6.45) is 0. The van der Waals surface area contributed by atoms with E-state index < -0.39 is 17.7 Å². The van der Waals surface area contributed by atoms with Gasteiger partial charge in [-0.15, -0.1) is 0 Å². The predicted molar refractivity (Wildman–Crippen MR) is 70.5 cm³/mol. The van der Waals surface area contributed by atoms with E-state index in [1.54, 1.807) is 6.92 Å². The van der Waals surface area contributed by atoms with Crippen molar-refractivity contribution >= 4 is 5.91 Å². The fourth-order valence-corrected chi connectivity index (χ4v) is 1.50. The number of hydrogen-bond donors (Lipinski definition) is 2. The number of halogens is 2. The zero-order chi connectivity index (χ0) is 14.4. The van der Waals surface area contributed by atoms with Crippen molar-refractivity contribution in [3.8, 4) is 0 Å². The molecule has 19 heavy (non-hydrogen) atoms. The molecule has 1 atom stereocenters. The third kappa shape index (κ3) is 4.95.